The molecule has 288 valence electrons. The highest BCUT2D eigenvalue weighted by Crippen LogP contribution is 2.47. The SMILES string of the molecule is CCC(C(=O)OC(C)(C)C)c1sc2c(F)ccc(-c3cc4nc(OC[C@@]56CCCN5C[C@H](C)C6)nc(N5CCCOCC5)c4nc3C(F)(F)F)c2c1C#N. The van der Waals surface area contributed by atoms with Crippen LogP contribution in [0.3, 0.4) is 0 Å². The van der Waals surface area contributed by atoms with Gasteiger partial charge in [-0.1, -0.05) is 19.9 Å². The molecule has 54 heavy (non-hydrogen) atoms. The van der Waals surface area contributed by atoms with Gasteiger partial charge in [-0.3, -0.25) is 9.69 Å². The number of benzene rings is 1. The maximum atomic E-state index is 15.6. The zero-order chi connectivity index (χ0) is 38.6. The van der Waals surface area contributed by atoms with Gasteiger partial charge in [0.2, 0.25) is 0 Å². The Morgan fingerprint density at radius 1 is 1.13 bits per heavy atom. The molecule has 3 atom stereocenters. The van der Waals surface area contributed by atoms with E-state index in [1.807, 2.05) is 4.90 Å². The van der Waals surface area contributed by atoms with Crippen molar-refractivity contribution >= 4 is 44.2 Å². The predicted molar refractivity (Wildman–Crippen MR) is 197 cm³/mol. The Balaban J connectivity index is 1.42. The highest BCUT2D eigenvalue weighted by molar-refractivity contribution is 7.19. The lowest BCUT2D eigenvalue weighted by atomic mass is 9.92. The van der Waals surface area contributed by atoms with E-state index in [-0.39, 0.29) is 66.5 Å². The third-order valence-electron chi connectivity index (χ3n) is 10.5. The Bertz CT molecular complexity index is 2120. The van der Waals surface area contributed by atoms with Crippen molar-refractivity contribution in [1.82, 2.24) is 19.9 Å². The van der Waals surface area contributed by atoms with Gasteiger partial charge < -0.3 is 19.1 Å². The topological polar surface area (TPSA) is 114 Å². The monoisotopic (exact) mass is 768 g/mol. The maximum Gasteiger partial charge on any atom is 0.433 e. The standard InChI is InChI=1S/C39H44F4N6O4S/c1-6-23(35(50)53-37(3,4)5)31-26(19-44)29-24(9-10-27(40)32(29)54-31)25-17-28-30(46-33(25)39(41,42)43)34(48-12-8-15-51-16-14-48)47-36(45-28)52-21-38-11-7-13-49(38)20-22(2)18-38/h9-10,17,22-23H,6-8,11-16,18,20-21H2,1-5H3/t22-,23?,38+/m1/s1. The summed E-state index contributed by atoms with van der Waals surface area (Å²) in [4.78, 5) is 31.4. The number of pyridine rings is 1. The molecule has 6 heterocycles. The Labute approximate surface area is 315 Å². The van der Waals surface area contributed by atoms with Gasteiger partial charge in [0.1, 0.15) is 29.6 Å². The molecule has 0 saturated carbocycles. The van der Waals surface area contributed by atoms with Crippen molar-refractivity contribution < 1.29 is 36.6 Å². The van der Waals surface area contributed by atoms with Crippen molar-refractivity contribution in [3.8, 4) is 23.2 Å². The molecule has 0 amide bonds. The second-order valence-electron chi connectivity index (χ2n) is 15.7. The Hall–Kier alpha value is -4.13. The summed E-state index contributed by atoms with van der Waals surface area (Å²) in [5.74, 6) is -1.56. The highest BCUT2D eigenvalue weighted by Gasteiger charge is 2.48. The Morgan fingerprint density at radius 2 is 1.93 bits per heavy atom. The van der Waals surface area contributed by atoms with Gasteiger partial charge in [0, 0.05) is 42.1 Å². The fourth-order valence-electron chi connectivity index (χ4n) is 8.31. The number of anilines is 1. The third kappa shape index (κ3) is 7.20. The normalized spacial score (nSPS) is 21.6. The van der Waals surface area contributed by atoms with Gasteiger partial charge in [-0.05, 0) is 83.0 Å². The fourth-order valence-corrected chi connectivity index (χ4v) is 9.67. The molecule has 0 aliphatic carbocycles. The molecule has 10 nitrogen and oxygen atoms in total. The molecule has 1 unspecified atom stereocenters. The molecular formula is C39H44F4N6O4S. The van der Waals surface area contributed by atoms with Crippen LogP contribution in [0.1, 0.15) is 88.8 Å². The van der Waals surface area contributed by atoms with Crippen LogP contribution in [-0.4, -0.2) is 83.0 Å². The summed E-state index contributed by atoms with van der Waals surface area (Å²) in [6.07, 6.45) is -1.11. The van der Waals surface area contributed by atoms with E-state index in [9.17, 15) is 10.1 Å². The van der Waals surface area contributed by atoms with Gasteiger partial charge in [-0.2, -0.15) is 28.4 Å². The van der Waals surface area contributed by atoms with Crippen LogP contribution in [0.15, 0.2) is 18.2 Å². The molecule has 1 aromatic carbocycles. The van der Waals surface area contributed by atoms with Gasteiger partial charge >= 0.3 is 18.2 Å². The summed E-state index contributed by atoms with van der Waals surface area (Å²) in [6, 6.07) is 5.69. The van der Waals surface area contributed by atoms with Crippen molar-refractivity contribution in [1.29, 1.82) is 5.26 Å². The number of ether oxygens (including phenoxy) is 3. The summed E-state index contributed by atoms with van der Waals surface area (Å²) in [5, 5.41) is 10.5. The van der Waals surface area contributed by atoms with Gasteiger partial charge in [-0.15, -0.1) is 11.3 Å². The number of rotatable bonds is 8. The molecule has 0 bridgehead atoms. The van der Waals surface area contributed by atoms with Crippen LogP contribution in [0.2, 0.25) is 0 Å². The number of alkyl halides is 3. The number of fused-ring (bicyclic) bond motifs is 3. The van der Waals surface area contributed by atoms with E-state index in [4.69, 9.17) is 19.2 Å². The molecule has 3 aliphatic rings. The number of hydrogen-bond donors (Lipinski definition) is 0. The third-order valence-corrected chi connectivity index (χ3v) is 11.8. The lowest BCUT2D eigenvalue weighted by Crippen LogP contribution is -2.43. The molecule has 4 aromatic rings. The number of esters is 1. The first-order valence-corrected chi connectivity index (χ1v) is 19.3. The highest BCUT2D eigenvalue weighted by atomic mass is 32.1. The Kier molecular flexibility index (Phi) is 10.2. The van der Waals surface area contributed by atoms with Crippen LogP contribution < -0.4 is 9.64 Å². The number of carbonyl (C=O) groups is 1. The van der Waals surface area contributed by atoms with Crippen LogP contribution in [0.25, 0.3) is 32.2 Å². The van der Waals surface area contributed by atoms with Crippen LogP contribution in [0.4, 0.5) is 23.4 Å². The molecular weight excluding hydrogens is 725 g/mol. The number of nitrogens with zero attached hydrogens (tertiary/aromatic N) is 6. The first-order chi connectivity index (χ1) is 25.6. The van der Waals surface area contributed by atoms with Gasteiger partial charge in [0.25, 0.3) is 0 Å². The summed E-state index contributed by atoms with van der Waals surface area (Å²) in [6.45, 7) is 13.1. The van der Waals surface area contributed by atoms with E-state index >= 15 is 17.6 Å². The minimum atomic E-state index is -4.96. The molecule has 3 aromatic heterocycles. The van der Waals surface area contributed by atoms with Gasteiger partial charge in [-0.25, -0.2) is 9.37 Å². The summed E-state index contributed by atoms with van der Waals surface area (Å²) < 4.78 is 78.7. The first kappa shape index (κ1) is 38.2. The van der Waals surface area contributed by atoms with Crippen LogP contribution >= 0.6 is 11.3 Å². The second-order valence-corrected chi connectivity index (χ2v) is 16.7. The molecule has 0 N–H and O–H groups in total. The van der Waals surface area contributed by atoms with E-state index in [1.165, 1.54) is 12.1 Å². The van der Waals surface area contributed by atoms with Crippen molar-refractivity contribution in [3.63, 3.8) is 0 Å². The van der Waals surface area contributed by atoms with Crippen molar-refractivity contribution in [2.45, 2.75) is 90.0 Å². The minimum absolute atomic E-state index is 0.0267. The number of thiophene rings is 1. The second kappa shape index (κ2) is 14.5. The van der Waals surface area contributed by atoms with E-state index in [0.717, 1.165) is 49.8 Å². The van der Waals surface area contributed by atoms with Crippen LogP contribution in [-0.2, 0) is 20.4 Å². The quantitative estimate of drug-likeness (QED) is 0.128. The molecule has 3 aliphatic heterocycles. The molecule has 3 fully saturated rings. The molecule has 3 saturated heterocycles. The average Bonchev–Trinajstić information content (AvgIpc) is 3.67. The zero-order valence-corrected chi connectivity index (χ0v) is 31.9. The number of aromatic nitrogens is 3. The molecule has 7 rings (SSSR count). The number of hydrogen-bond acceptors (Lipinski definition) is 11. The smallest absolute Gasteiger partial charge is 0.433 e. The van der Waals surface area contributed by atoms with E-state index in [2.05, 4.69) is 27.9 Å². The fraction of sp³-hybridized carbons (Fsp3) is 0.564. The lowest BCUT2D eigenvalue weighted by molar-refractivity contribution is -0.156. The van der Waals surface area contributed by atoms with E-state index in [1.54, 1.807) is 27.7 Å². The summed E-state index contributed by atoms with van der Waals surface area (Å²) >= 11 is 0.871. The maximum absolute atomic E-state index is 15.6. The van der Waals surface area contributed by atoms with Crippen molar-refractivity contribution in [2.24, 2.45) is 5.92 Å². The first-order valence-electron chi connectivity index (χ1n) is 18.5. The van der Waals surface area contributed by atoms with Crippen LogP contribution in [0.5, 0.6) is 6.01 Å². The minimum Gasteiger partial charge on any atom is -0.461 e. The van der Waals surface area contributed by atoms with Crippen molar-refractivity contribution in [2.75, 3.05) is 50.9 Å². The van der Waals surface area contributed by atoms with Crippen molar-refractivity contribution in [3.05, 3.63) is 40.2 Å². The molecule has 15 heteroatoms. The summed E-state index contributed by atoms with van der Waals surface area (Å²) in [5.41, 5.74) is -2.70. The predicted octanol–water partition coefficient (Wildman–Crippen LogP) is 8.25. The van der Waals surface area contributed by atoms with Gasteiger partial charge in [0.15, 0.2) is 11.5 Å². The van der Waals surface area contributed by atoms with Gasteiger partial charge in [0.05, 0.1) is 33.8 Å². The summed E-state index contributed by atoms with van der Waals surface area (Å²) in [7, 11) is 0. The largest absolute Gasteiger partial charge is 0.461 e. The average molecular weight is 769 g/mol. The Morgan fingerprint density at radius 3 is 2.65 bits per heavy atom. The van der Waals surface area contributed by atoms with E-state index < -0.39 is 35.2 Å². The van der Waals surface area contributed by atoms with Crippen LogP contribution in [0, 0.1) is 23.1 Å². The van der Waals surface area contributed by atoms with E-state index in [0.29, 0.717) is 45.2 Å². The zero-order valence-electron chi connectivity index (χ0n) is 31.1. The number of nitriles is 1. The molecule has 0 radical (unpaired) electrons. The molecule has 0 spiro atoms. The number of halogens is 4. The lowest BCUT2D eigenvalue weighted by Gasteiger charge is -2.31. The number of carbonyl (C=O) groups excluding carboxylic acids is 1.